The standard InChI is InChI=1S/C19H26N4O4/c1-4-12(2)18(15-11-20-27-13(15)3)26-17-6-5-16(22-23-17)19(24)21-14-7-9-25-10-8-14/h5-6,11-12,14,18H,4,7-10H2,1-3H3,(H,21,24). The van der Waals surface area contributed by atoms with E-state index < -0.39 is 0 Å². The molecule has 0 saturated carbocycles. The minimum absolute atomic E-state index is 0.121. The number of rotatable bonds is 7. The van der Waals surface area contributed by atoms with Crippen molar-refractivity contribution in [1.82, 2.24) is 20.7 Å². The van der Waals surface area contributed by atoms with Crippen molar-refractivity contribution in [2.45, 2.75) is 52.2 Å². The van der Waals surface area contributed by atoms with Crippen LogP contribution in [0.4, 0.5) is 0 Å². The molecule has 27 heavy (non-hydrogen) atoms. The van der Waals surface area contributed by atoms with Crippen LogP contribution in [-0.4, -0.2) is 40.5 Å². The van der Waals surface area contributed by atoms with E-state index in [4.69, 9.17) is 14.0 Å². The van der Waals surface area contributed by atoms with Crippen LogP contribution in [0.3, 0.4) is 0 Å². The number of hydrogen-bond donors (Lipinski definition) is 1. The van der Waals surface area contributed by atoms with Gasteiger partial charge in [0.05, 0.1) is 11.8 Å². The third kappa shape index (κ3) is 4.82. The maximum Gasteiger partial charge on any atom is 0.272 e. The van der Waals surface area contributed by atoms with E-state index in [1.165, 1.54) is 0 Å². The van der Waals surface area contributed by atoms with E-state index >= 15 is 0 Å². The lowest BCUT2D eigenvalue weighted by Crippen LogP contribution is -2.39. The Morgan fingerprint density at radius 3 is 2.70 bits per heavy atom. The van der Waals surface area contributed by atoms with Crippen LogP contribution in [0.1, 0.15) is 61.0 Å². The first kappa shape index (κ1) is 19.3. The largest absolute Gasteiger partial charge is 0.468 e. The van der Waals surface area contributed by atoms with Crippen molar-refractivity contribution in [3.8, 4) is 5.88 Å². The molecule has 0 aromatic carbocycles. The predicted molar refractivity (Wildman–Crippen MR) is 97.4 cm³/mol. The normalized spacial score (nSPS) is 17.3. The zero-order valence-corrected chi connectivity index (χ0v) is 16.0. The highest BCUT2D eigenvalue weighted by molar-refractivity contribution is 5.92. The molecule has 3 heterocycles. The summed E-state index contributed by atoms with van der Waals surface area (Å²) in [6, 6.07) is 3.42. The Hall–Kier alpha value is -2.48. The van der Waals surface area contributed by atoms with Gasteiger partial charge >= 0.3 is 0 Å². The first-order valence-electron chi connectivity index (χ1n) is 9.38. The second-order valence-corrected chi connectivity index (χ2v) is 6.88. The van der Waals surface area contributed by atoms with Gasteiger partial charge in [0.2, 0.25) is 5.88 Å². The molecule has 1 N–H and O–H groups in total. The highest BCUT2D eigenvalue weighted by Crippen LogP contribution is 2.31. The van der Waals surface area contributed by atoms with Gasteiger partial charge in [0.15, 0.2) is 5.69 Å². The molecule has 0 bridgehead atoms. The van der Waals surface area contributed by atoms with Gasteiger partial charge in [-0.25, -0.2) is 0 Å². The fraction of sp³-hybridized carbons (Fsp3) is 0.579. The lowest BCUT2D eigenvalue weighted by molar-refractivity contribution is 0.0693. The number of aryl methyl sites for hydroxylation is 1. The van der Waals surface area contributed by atoms with Crippen LogP contribution < -0.4 is 10.1 Å². The van der Waals surface area contributed by atoms with E-state index in [-0.39, 0.29) is 29.7 Å². The first-order valence-corrected chi connectivity index (χ1v) is 9.38. The van der Waals surface area contributed by atoms with Crippen molar-refractivity contribution >= 4 is 5.91 Å². The summed E-state index contributed by atoms with van der Waals surface area (Å²) in [4.78, 5) is 12.3. The van der Waals surface area contributed by atoms with Crippen molar-refractivity contribution in [1.29, 1.82) is 0 Å². The van der Waals surface area contributed by atoms with Gasteiger partial charge in [-0.15, -0.1) is 10.2 Å². The van der Waals surface area contributed by atoms with Gasteiger partial charge in [-0.3, -0.25) is 4.79 Å². The summed E-state index contributed by atoms with van der Waals surface area (Å²) < 4.78 is 16.5. The first-order chi connectivity index (χ1) is 13.1. The quantitative estimate of drug-likeness (QED) is 0.795. The summed E-state index contributed by atoms with van der Waals surface area (Å²) in [7, 11) is 0. The van der Waals surface area contributed by atoms with Gasteiger partial charge in [-0.2, -0.15) is 0 Å². The molecular formula is C19H26N4O4. The van der Waals surface area contributed by atoms with Crippen LogP contribution in [0.15, 0.2) is 22.9 Å². The SMILES string of the molecule is CCC(C)C(Oc1ccc(C(=O)NC2CCOCC2)nn1)c1cnoc1C. The average Bonchev–Trinajstić information content (AvgIpc) is 3.12. The number of nitrogens with one attached hydrogen (secondary N) is 1. The summed E-state index contributed by atoms with van der Waals surface area (Å²) in [6.07, 6.45) is 3.99. The summed E-state index contributed by atoms with van der Waals surface area (Å²) in [6.45, 7) is 7.39. The summed E-state index contributed by atoms with van der Waals surface area (Å²) >= 11 is 0. The second-order valence-electron chi connectivity index (χ2n) is 6.88. The Labute approximate surface area is 158 Å². The Kier molecular flexibility index (Phi) is 6.39. The van der Waals surface area contributed by atoms with Gasteiger partial charge in [-0.1, -0.05) is 19.0 Å². The Bertz CT molecular complexity index is 740. The zero-order chi connectivity index (χ0) is 19.2. The number of amides is 1. The fourth-order valence-electron chi connectivity index (χ4n) is 3.02. The van der Waals surface area contributed by atoms with Crippen LogP contribution in [0.5, 0.6) is 5.88 Å². The average molecular weight is 374 g/mol. The maximum absolute atomic E-state index is 12.3. The number of carbonyl (C=O) groups is 1. The molecule has 8 nitrogen and oxygen atoms in total. The molecule has 2 unspecified atom stereocenters. The molecule has 8 heteroatoms. The van der Waals surface area contributed by atoms with Gasteiger partial charge in [0.1, 0.15) is 11.9 Å². The number of carbonyl (C=O) groups excluding carboxylic acids is 1. The van der Waals surface area contributed by atoms with Crippen LogP contribution in [-0.2, 0) is 4.74 Å². The summed E-state index contributed by atoms with van der Waals surface area (Å²) in [5.74, 6) is 1.10. The van der Waals surface area contributed by atoms with Gasteiger partial charge in [0.25, 0.3) is 5.91 Å². The van der Waals surface area contributed by atoms with Crippen molar-refractivity contribution in [3.63, 3.8) is 0 Å². The lowest BCUT2D eigenvalue weighted by Gasteiger charge is -2.23. The monoisotopic (exact) mass is 374 g/mol. The van der Waals surface area contributed by atoms with E-state index in [9.17, 15) is 4.79 Å². The molecule has 0 spiro atoms. The van der Waals surface area contributed by atoms with Gasteiger partial charge in [0, 0.05) is 25.3 Å². The molecule has 2 aromatic rings. The molecule has 1 aliphatic rings. The third-order valence-corrected chi connectivity index (χ3v) is 4.93. The van der Waals surface area contributed by atoms with Crippen molar-refractivity contribution in [2.75, 3.05) is 13.2 Å². The molecule has 1 aliphatic heterocycles. The van der Waals surface area contributed by atoms with E-state index in [0.29, 0.717) is 19.1 Å². The Balaban J connectivity index is 1.66. The van der Waals surface area contributed by atoms with Crippen LogP contribution in [0.25, 0.3) is 0 Å². The van der Waals surface area contributed by atoms with Crippen LogP contribution in [0.2, 0.25) is 0 Å². The minimum atomic E-state index is -0.238. The molecule has 146 valence electrons. The minimum Gasteiger partial charge on any atom is -0.468 e. The van der Waals surface area contributed by atoms with Crippen molar-refractivity contribution in [3.05, 3.63) is 35.3 Å². The number of ether oxygens (including phenoxy) is 2. The van der Waals surface area contributed by atoms with Gasteiger partial charge in [-0.05, 0) is 38.2 Å². The van der Waals surface area contributed by atoms with E-state index in [0.717, 1.165) is 30.6 Å². The predicted octanol–water partition coefficient (Wildman–Crippen LogP) is 2.85. The van der Waals surface area contributed by atoms with E-state index in [1.807, 2.05) is 6.92 Å². The highest BCUT2D eigenvalue weighted by atomic mass is 16.5. The Morgan fingerprint density at radius 1 is 1.33 bits per heavy atom. The van der Waals surface area contributed by atoms with E-state index in [1.54, 1.807) is 18.3 Å². The molecule has 1 fully saturated rings. The maximum atomic E-state index is 12.3. The highest BCUT2D eigenvalue weighted by Gasteiger charge is 2.25. The number of aromatic nitrogens is 3. The fourth-order valence-corrected chi connectivity index (χ4v) is 3.02. The topological polar surface area (TPSA) is 99.4 Å². The molecule has 2 atom stereocenters. The molecule has 0 radical (unpaired) electrons. The molecule has 0 aliphatic carbocycles. The van der Waals surface area contributed by atoms with Gasteiger partial charge < -0.3 is 19.3 Å². The van der Waals surface area contributed by atoms with Crippen LogP contribution >= 0.6 is 0 Å². The molecule has 3 rings (SSSR count). The lowest BCUT2D eigenvalue weighted by atomic mass is 9.96. The summed E-state index contributed by atoms with van der Waals surface area (Å²) in [5, 5.41) is 14.9. The molecular weight excluding hydrogens is 348 g/mol. The van der Waals surface area contributed by atoms with E-state index in [2.05, 4.69) is 34.5 Å². The Morgan fingerprint density at radius 2 is 2.11 bits per heavy atom. The smallest absolute Gasteiger partial charge is 0.272 e. The molecule has 1 amide bonds. The second kappa shape index (κ2) is 8.94. The van der Waals surface area contributed by atoms with Crippen LogP contribution in [0, 0.1) is 12.8 Å². The zero-order valence-electron chi connectivity index (χ0n) is 16.0. The van der Waals surface area contributed by atoms with Crippen molar-refractivity contribution in [2.24, 2.45) is 5.92 Å². The molecule has 1 saturated heterocycles. The number of hydrogen-bond acceptors (Lipinski definition) is 7. The summed E-state index contributed by atoms with van der Waals surface area (Å²) in [5.41, 5.74) is 1.17. The van der Waals surface area contributed by atoms with Crippen molar-refractivity contribution < 1.29 is 18.8 Å². The third-order valence-electron chi connectivity index (χ3n) is 4.93. The molecule has 2 aromatic heterocycles. The number of nitrogens with zero attached hydrogens (tertiary/aromatic N) is 3.